The Hall–Kier alpha value is -2.37. The van der Waals surface area contributed by atoms with Gasteiger partial charge in [0.15, 0.2) is 0 Å². The lowest BCUT2D eigenvalue weighted by Crippen LogP contribution is -2.47. The molecule has 3 rings (SSSR count). The molecule has 2 aromatic rings. The summed E-state index contributed by atoms with van der Waals surface area (Å²) < 4.78 is 0. The number of benzene rings is 2. The Morgan fingerprint density at radius 2 is 1.50 bits per heavy atom. The lowest BCUT2D eigenvalue weighted by Gasteiger charge is -2.26. The smallest absolute Gasteiger partial charge is 0.262 e. The average Bonchev–Trinajstić information content (AvgIpc) is 2.86. The molecule has 28 heavy (non-hydrogen) atoms. The second kappa shape index (κ2) is 7.94. The van der Waals surface area contributed by atoms with Crippen molar-refractivity contribution in [2.45, 2.75) is 33.2 Å². The molecule has 0 aromatic heterocycles. The number of hydrogen-bond donors (Lipinski definition) is 1. The maximum Gasteiger partial charge on any atom is 0.262 e. The zero-order valence-electron chi connectivity index (χ0n) is 15.8. The summed E-state index contributed by atoms with van der Waals surface area (Å²) in [5.74, 6) is -1.40. The highest BCUT2D eigenvalue weighted by molar-refractivity contribution is 6.43. The predicted molar refractivity (Wildman–Crippen MR) is 110 cm³/mol. The fraction of sp³-hybridized carbons (Fsp3) is 0.286. The van der Waals surface area contributed by atoms with E-state index in [-0.39, 0.29) is 27.1 Å². The Morgan fingerprint density at radius 1 is 1.00 bits per heavy atom. The number of carbonyl (C=O) groups excluding carboxylic acids is 3. The minimum Gasteiger partial charge on any atom is -0.324 e. The first-order valence-electron chi connectivity index (χ1n) is 8.93. The number of amides is 3. The zero-order valence-corrected chi connectivity index (χ0v) is 17.3. The second-order valence-electron chi connectivity index (χ2n) is 7.29. The molecular weight excluding hydrogens is 399 g/mol. The minimum atomic E-state index is -0.939. The minimum absolute atomic E-state index is 0.0882. The summed E-state index contributed by atoms with van der Waals surface area (Å²) in [6.45, 7) is 5.80. The van der Waals surface area contributed by atoms with Crippen LogP contribution in [0.2, 0.25) is 10.0 Å². The standard InChI is InChI=1S/C21H20Cl2N2O3/c1-11(2)8-18(19(26)24-13-6-4-12(3)5-7-13)25-20(27)14-9-16(22)17(23)10-15(14)21(25)28/h4-7,9-11,18H,8H2,1-3H3,(H,24,26)/t18-/m0/s1. The molecule has 1 heterocycles. The Morgan fingerprint density at radius 3 is 1.96 bits per heavy atom. The molecule has 0 aliphatic carbocycles. The van der Waals surface area contributed by atoms with Crippen molar-refractivity contribution in [2.75, 3.05) is 5.32 Å². The summed E-state index contributed by atoms with van der Waals surface area (Å²) in [5, 5.41) is 3.18. The van der Waals surface area contributed by atoms with Gasteiger partial charge in [-0.1, -0.05) is 54.7 Å². The van der Waals surface area contributed by atoms with Crippen LogP contribution in [-0.4, -0.2) is 28.7 Å². The number of rotatable bonds is 5. The molecular formula is C21H20Cl2N2O3. The molecule has 0 spiro atoms. The molecule has 0 radical (unpaired) electrons. The van der Waals surface area contributed by atoms with E-state index < -0.39 is 23.8 Å². The van der Waals surface area contributed by atoms with E-state index in [9.17, 15) is 14.4 Å². The number of anilines is 1. The van der Waals surface area contributed by atoms with Gasteiger partial charge < -0.3 is 5.32 Å². The first kappa shape index (κ1) is 20.4. The molecule has 1 N–H and O–H groups in total. The van der Waals surface area contributed by atoms with Crippen molar-refractivity contribution in [3.8, 4) is 0 Å². The van der Waals surface area contributed by atoms with Crippen LogP contribution in [0.25, 0.3) is 0 Å². The molecule has 5 nitrogen and oxygen atoms in total. The van der Waals surface area contributed by atoms with Crippen molar-refractivity contribution in [3.63, 3.8) is 0 Å². The highest BCUT2D eigenvalue weighted by Crippen LogP contribution is 2.33. The van der Waals surface area contributed by atoms with E-state index in [2.05, 4.69) is 5.32 Å². The number of fused-ring (bicyclic) bond motifs is 1. The Bertz CT molecular complexity index is 914. The SMILES string of the molecule is Cc1ccc(NC(=O)[C@H](CC(C)C)N2C(=O)c3cc(Cl)c(Cl)cc3C2=O)cc1. The van der Waals surface area contributed by atoms with Gasteiger partial charge >= 0.3 is 0 Å². The van der Waals surface area contributed by atoms with Crippen LogP contribution in [0.3, 0.4) is 0 Å². The molecule has 0 saturated heterocycles. The summed E-state index contributed by atoms with van der Waals surface area (Å²) >= 11 is 12.0. The Labute approximate surface area is 173 Å². The summed E-state index contributed by atoms with van der Waals surface area (Å²) in [7, 11) is 0. The van der Waals surface area contributed by atoms with Crippen molar-refractivity contribution < 1.29 is 14.4 Å². The van der Waals surface area contributed by atoms with Crippen LogP contribution in [0.15, 0.2) is 36.4 Å². The molecule has 7 heteroatoms. The molecule has 146 valence electrons. The normalized spacial score (nSPS) is 14.4. The van der Waals surface area contributed by atoms with E-state index in [0.717, 1.165) is 10.5 Å². The topological polar surface area (TPSA) is 66.5 Å². The van der Waals surface area contributed by atoms with Gasteiger partial charge in [-0.25, -0.2) is 0 Å². The van der Waals surface area contributed by atoms with Crippen LogP contribution in [0.5, 0.6) is 0 Å². The van der Waals surface area contributed by atoms with Crippen LogP contribution >= 0.6 is 23.2 Å². The Balaban J connectivity index is 1.93. The van der Waals surface area contributed by atoms with Crippen molar-refractivity contribution in [1.29, 1.82) is 0 Å². The molecule has 0 unspecified atom stereocenters. The molecule has 2 aromatic carbocycles. The van der Waals surface area contributed by atoms with Crippen LogP contribution in [0, 0.1) is 12.8 Å². The van der Waals surface area contributed by atoms with Crippen molar-refractivity contribution in [3.05, 3.63) is 63.1 Å². The number of nitrogens with zero attached hydrogens (tertiary/aromatic N) is 1. The van der Waals surface area contributed by atoms with E-state index in [4.69, 9.17) is 23.2 Å². The van der Waals surface area contributed by atoms with Crippen LogP contribution < -0.4 is 5.32 Å². The molecule has 3 amide bonds. The van der Waals surface area contributed by atoms with Gasteiger partial charge in [-0.15, -0.1) is 0 Å². The van der Waals surface area contributed by atoms with Gasteiger partial charge in [-0.3, -0.25) is 19.3 Å². The summed E-state index contributed by atoms with van der Waals surface area (Å²) in [6, 6.07) is 9.13. The fourth-order valence-electron chi connectivity index (χ4n) is 3.17. The number of imide groups is 1. The molecule has 0 bridgehead atoms. The predicted octanol–water partition coefficient (Wildman–Crippen LogP) is 4.95. The third kappa shape index (κ3) is 3.91. The number of aryl methyl sites for hydroxylation is 1. The third-order valence-electron chi connectivity index (χ3n) is 4.59. The quantitative estimate of drug-likeness (QED) is 0.698. The zero-order chi connectivity index (χ0) is 20.6. The van der Waals surface area contributed by atoms with Crippen LogP contribution in [0.4, 0.5) is 5.69 Å². The van der Waals surface area contributed by atoms with Gasteiger partial charge in [0.05, 0.1) is 21.2 Å². The lowest BCUT2D eigenvalue weighted by molar-refractivity contribution is -0.120. The first-order valence-corrected chi connectivity index (χ1v) is 9.69. The van der Waals surface area contributed by atoms with Gasteiger partial charge in [0.25, 0.3) is 11.8 Å². The number of carbonyl (C=O) groups is 3. The summed E-state index contributed by atoms with van der Waals surface area (Å²) in [6.07, 6.45) is 0.338. The number of hydrogen-bond acceptors (Lipinski definition) is 3. The van der Waals surface area contributed by atoms with E-state index in [1.807, 2.05) is 32.9 Å². The van der Waals surface area contributed by atoms with Gasteiger partial charge in [-0.05, 0) is 43.5 Å². The van der Waals surface area contributed by atoms with Crippen LogP contribution in [0.1, 0.15) is 46.5 Å². The maximum absolute atomic E-state index is 13.0. The van der Waals surface area contributed by atoms with Crippen molar-refractivity contribution in [2.24, 2.45) is 5.92 Å². The van der Waals surface area contributed by atoms with E-state index in [1.165, 1.54) is 12.1 Å². The third-order valence-corrected chi connectivity index (χ3v) is 5.31. The molecule has 1 aliphatic rings. The summed E-state index contributed by atoms with van der Waals surface area (Å²) in [5.41, 5.74) is 1.99. The first-order chi connectivity index (χ1) is 13.2. The van der Waals surface area contributed by atoms with Gasteiger partial charge in [-0.2, -0.15) is 0 Å². The van der Waals surface area contributed by atoms with Crippen molar-refractivity contribution >= 4 is 46.6 Å². The molecule has 0 saturated carbocycles. The monoisotopic (exact) mass is 418 g/mol. The molecule has 1 aliphatic heterocycles. The highest BCUT2D eigenvalue weighted by atomic mass is 35.5. The van der Waals surface area contributed by atoms with E-state index >= 15 is 0 Å². The van der Waals surface area contributed by atoms with Crippen LogP contribution in [-0.2, 0) is 4.79 Å². The van der Waals surface area contributed by atoms with E-state index in [1.54, 1.807) is 12.1 Å². The molecule has 1 atom stereocenters. The number of nitrogens with one attached hydrogen (secondary N) is 1. The summed E-state index contributed by atoms with van der Waals surface area (Å²) in [4.78, 5) is 39.8. The molecule has 0 fully saturated rings. The van der Waals surface area contributed by atoms with Gasteiger partial charge in [0.2, 0.25) is 5.91 Å². The second-order valence-corrected chi connectivity index (χ2v) is 8.11. The number of halogens is 2. The van der Waals surface area contributed by atoms with Gasteiger partial charge in [0, 0.05) is 5.69 Å². The maximum atomic E-state index is 13.0. The van der Waals surface area contributed by atoms with E-state index in [0.29, 0.717) is 12.1 Å². The lowest BCUT2D eigenvalue weighted by atomic mass is 10.0. The van der Waals surface area contributed by atoms with Gasteiger partial charge in [0.1, 0.15) is 6.04 Å². The highest BCUT2D eigenvalue weighted by Gasteiger charge is 2.43. The average molecular weight is 419 g/mol. The largest absolute Gasteiger partial charge is 0.324 e. The van der Waals surface area contributed by atoms with Crippen molar-refractivity contribution in [1.82, 2.24) is 4.90 Å². The fourth-order valence-corrected chi connectivity index (χ4v) is 3.50. The Kier molecular flexibility index (Phi) is 5.77.